The monoisotopic (exact) mass is 551 g/mol. The van der Waals surface area contributed by atoms with Crippen LogP contribution in [0.5, 0.6) is 0 Å². The highest BCUT2D eigenvalue weighted by molar-refractivity contribution is 7.17. The van der Waals surface area contributed by atoms with E-state index < -0.39 is 24.5 Å². The van der Waals surface area contributed by atoms with Gasteiger partial charge in [0, 0.05) is 20.2 Å². The number of carbonyl (C=O) groups is 3. The second-order valence-corrected chi connectivity index (χ2v) is 11.2. The van der Waals surface area contributed by atoms with Crippen molar-refractivity contribution in [1.82, 2.24) is 0 Å². The van der Waals surface area contributed by atoms with Crippen molar-refractivity contribution in [3.8, 4) is 11.1 Å². The van der Waals surface area contributed by atoms with E-state index in [9.17, 15) is 14.4 Å². The minimum Gasteiger partial charge on any atom is -0.462 e. The number of hydrogen-bond donors (Lipinski definition) is 1. The summed E-state index contributed by atoms with van der Waals surface area (Å²) in [4.78, 5) is 41.2. The molecule has 1 N–H and O–H groups in total. The van der Waals surface area contributed by atoms with Crippen LogP contribution in [0.15, 0.2) is 59.3 Å². The summed E-state index contributed by atoms with van der Waals surface area (Å²) in [7, 11) is 0. The highest BCUT2D eigenvalue weighted by Crippen LogP contribution is 2.40. The summed E-state index contributed by atoms with van der Waals surface area (Å²) in [5, 5.41) is 6.91. The standard InChI is InChI=1S/C28H25NO5S3/c1-4-33-28(32)25-24(19-11-9-17(2)10-12-19)18(3)37-26(25)29-23(30)16-34-27(31)21(22-8-6-14-36-22)15-20-7-5-13-35-20/h5-15H,4,16H2,1-3H3,(H,29,30). The Labute approximate surface area is 227 Å². The average molecular weight is 552 g/mol. The molecule has 1 aromatic carbocycles. The third-order valence-electron chi connectivity index (χ3n) is 5.33. The van der Waals surface area contributed by atoms with Crippen molar-refractivity contribution in [1.29, 1.82) is 0 Å². The molecular formula is C28H25NO5S3. The van der Waals surface area contributed by atoms with Crippen molar-refractivity contribution in [2.75, 3.05) is 18.5 Å². The zero-order chi connectivity index (χ0) is 26.4. The molecule has 0 radical (unpaired) electrons. The molecule has 0 saturated carbocycles. The van der Waals surface area contributed by atoms with Gasteiger partial charge in [0.25, 0.3) is 5.91 Å². The Hall–Kier alpha value is -3.53. The number of rotatable bonds is 9. The Balaban J connectivity index is 1.53. The van der Waals surface area contributed by atoms with E-state index in [1.807, 2.05) is 73.1 Å². The van der Waals surface area contributed by atoms with E-state index in [1.165, 1.54) is 34.0 Å². The van der Waals surface area contributed by atoms with Crippen LogP contribution in [0.3, 0.4) is 0 Å². The fraction of sp³-hybridized carbons (Fsp3) is 0.179. The molecule has 0 aliphatic heterocycles. The number of carbonyl (C=O) groups excluding carboxylic acids is 3. The van der Waals surface area contributed by atoms with Crippen LogP contribution >= 0.6 is 34.0 Å². The fourth-order valence-corrected chi connectivity index (χ4v) is 6.12. The number of aryl methyl sites for hydroxylation is 2. The lowest BCUT2D eigenvalue weighted by molar-refractivity contribution is -0.141. The van der Waals surface area contributed by atoms with Gasteiger partial charge in [0.15, 0.2) is 6.61 Å². The maximum absolute atomic E-state index is 12.9. The largest absolute Gasteiger partial charge is 0.462 e. The minimum absolute atomic E-state index is 0.203. The first-order chi connectivity index (χ1) is 17.9. The van der Waals surface area contributed by atoms with Crippen LogP contribution in [0, 0.1) is 13.8 Å². The molecule has 37 heavy (non-hydrogen) atoms. The summed E-state index contributed by atoms with van der Waals surface area (Å²) < 4.78 is 10.7. The van der Waals surface area contributed by atoms with Gasteiger partial charge in [0.2, 0.25) is 0 Å². The van der Waals surface area contributed by atoms with Crippen molar-refractivity contribution in [2.45, 2.75) is 20.8 Å². The molecule has 9 heteroatoms. The summed E-state index contributed by atoms with van der Waals surface area (Å²) >= 11 is 4.20. The number of thiophene rings is 3. The van der Waals surface area contributed by atoms with Crippen LogP contribution in [0.4, 0.5) is 5.00 Å². The zero-order valence-electron chi connectivity index (χ0n) is 20.5. The van der Waals surface area contributed by atoms with E-state index in [2.05, 4.69) is 5.32 Å². The van der Waals surface area contributed by atoms with E-state index in [1.54, 1.807) is 13.0 Å². The Morgan fingerprint density at radius 1 is 0.946 bits per heavy atom. The number of ether oxygens (including phenoxy) is 2. The summed E-state index contributed by atoms with van der Waals surface area (Å²) in [6.07, 6.45) is 1.76. The number of esters is 2. The quantitative estimate of drug-likeness (QED) is 0.178. The summed E-state index contributed by atoms with van der Waals surface area (Å²) in [6, 6.07) is 15.3. The molecule has 4 rings (SSSR count). The molecule has 1 amide bonds. The van der Waals surface area contributed by atoms with Gasteiger partial charge in [-0.15, -0.1) is 34.0 Å². The first-order valence-electron chi connectivity index (χ1n) is 11.5. The van der Waals surface area contributed by atoms with Crippen LogP contribution in [0.25, 0.3) is 22.8 Å². The summed E-state index contributed by atoms with van der Waals surface area (Å²) in [5.74, 6) is -1.66. The van der Waals surface area contributed by atoms with Gasteiger partial charge < -0.3 is 14.8 Å². The molecule has 3 heterocycles. The Morgan fingerprint density at radius 3 is 2.32 bits per heavy atom. The second-order valence-electron chi connectivity index (χ2n) is 8.00. The molecule has 0 bridgehead atoms. The van der Waals surface area contributed by atoms with Gasteiger partial charge in [-0.1, -0.05) is 42.0 Å². The SMILES string of the molecule is CCOC(=O)c1c(NC(=O)COC(=O)C(=Cc2cccs2)c2cccs2)sc(C)c1-c1ccc(C)cc1. The Kier molecular flexibility index (Phi) is 8.70. The molecule has 0 unspecified atom stereocenters. The van der Waals surface area contributed by atoms with Gasteiger partial charge in [0.05, 0.1) is 12.2 Å². The maximum atomic E-state index is 12.9. The van der Waals surface area contributed by atoms with Gasteiger partial charge in [0.1, 0.15) is 10.6 Å². The van der Waals surface area contributed by atoms with E-state index >= 15 is 0 Å². The lowest BCUT2D eigenvalue weighted by Gasteiger charge is -2.10. The predicted molar refractivity (Wildman–Crippen MR) is 151 cm³/mol. The van der Waals surface area contributed by atoms with Crippen LogP contribution in [0.2, 0.25) is 0 Å². The molecule has 3 aromatic heterocycles. The van der Waals surface area contributed by atoms with E-state index in [0.29, 0.717) is 16.1 Å². The average Bonchev–Trinajstić information content (AvgIpc) is 3.64. The van der Waals surface area contributed by atoms with Gasteiger partial charge in [-0.3, -0.25) is 4.79 Å². The molecule has 4 aromatic rings. The molecule has 0 aliphatic carbocycles. The van der Waals surface area contributed by atoms with E-state index in [-0.39, 0.29) is 6.61 Å². The van der Waals surface area contributed by atoms with Crippen molar-refractivity contribution in [3.63, 3.8) is 0 Å². The zero-order valence-corrected chi connectivity index (χ0v) is 23.0. The van der Waals surface area contributed by atoms with E-state index in [0.717, 1.165) is 31.3 Å². The number of benzene rings is 1. The van der Waals surface area contributed by atoms with E-state index in [4.69, 9.17) is 9.47 Å². The number of nitrogens with one attached hydrogen (secondary N) is 1. The highest BCUT2D eigenvalue weighted by Gasteiger charge is 2.26. The molecule has 0 fully saturated rings. The third kappa shape index (κ3) is 6.43. The smallest absolute Gasteiger partial charge is 0.341 e. The summed E-state index contributed by atoms with van der Waals surface area (Å²) in [6.45, 7) is 5.32. The molecule has 0 atom stereocenters. The molecule has 0 saturated heterocycles. The molecular weight excluding hydrogens is 527 g/mol. The third-order valence-corrected chi connectivity index (χ3v) is 8.07. The van der Waals surface area contributed by atoms with Crippen molar-refractivity contribution in [2.24, 2.45) is 0 Å². The van der Waals surface area contributed by atoms with Crippen LogP contribution in [-0.2, 0) is 19.1 Å². The Bertz CT molecular complexity index is 1420. The van der Waals surface area contributed by atoms with Gasteiger partial charge in [-0.25, -0.2) is 9.59 Å². The van der Waals surface area contributed by atoms with Crippen LogP contribution in [0.1, 0.15) is 37.5 Å². The Morgan fingerprint density at radius 2 is 1.68 bits per heavy atom. The first-order valence-corrected chi connectivity index (χ1v) is 14.1. The molecule has 190 valence electrons. The van der Waals surface area contributed by atoms with Crippen molar-refractivity contribution in [3.05, 3.63) is 85.0 Å². The second kappa shape index (κ2) is 12.1. The van der Waals surface area contributed by atoms with Gasteiger partial charge in [-0.05, 0) is 55.3 Å². The van der Waals surface area contributed by atoms with Crippen molar-refractivity contribution >= 4 is 68.5 Å². The molecule has 0 spiro atoms. The lowest BCUT2D eigenvalue weighted by atomic mass is 10.0. The molecule has 0 aliphatic rings. The van der Waals surface area contributed by atoms with Gasteiger partial charge >= 0.3 is 11.9 Å². The van der Waals surface area contributed by atoms with Crippen LogP contribution in [-0.4, -0.2) is 31.1 Å². The first kappa shape index (κ1) is 26.5. The summed E-state index contributed by atoms with van der Waals surface area (Å²) in [5.41, 5.74) is 3.35. The fourth-order valence-electron chi connectivity index (χ4n) is 3.65. The minimum atomic E-state index is -0.598. The lowest BCUT2D eigenvalue weighted by Crippen LogP contribution is -2.22. The molecule has 6 nitrogen and oxygen atoms in total. The normalized spacial score (nSPS) is 11.3. The predicted octanol–water partition coefficient (Wildman–Crippen LogP) is 7.05. The number of anilines is 1. The maximum Gasteiger partial charge on any atom is 0.341 e. The van der Waals surface area contributed by atoms with Crippen LogP contribution < -0.4 is 5.32 Å². The number of amides is 1. The number of hydrogen-bond acceptors (Lipinski definition) is 8. The van der Waals surface area contributed by atoms with Crippen molar-refractivity contribution < 1.29 is 23.9 Å². The van der Waals surface area contributed by atoms with Gasteiger partial charge in [-0.2, -0.15) is 0 Å². The topological polar surface area (TPSA) is 81.7 Å². The highest BCUT2D eigenvalue weighted by atomic mass is 32.1.